The van der Waals surface area contributed by atoms with Crippen molar-refractivity contribution in [2.75, 3.05) is 20.7 Å². The predicted molar refractivity (Wildman–Crippen MR) is 71.8 cm³/mol. The molecule has 0 N–H and O–H groups in total. The average molecular weight is 241 g/mol. The Kier molecular flexibility index (Phi) is 10.8. The number of unbranched alkanes of at least 4 members (excludes halogenated alkanes) is 6. The molecule has 0 aliphatic carbocycles. The third-order valence-electron chi connectivity index (χ3n) is 2.52. The van der Waals surface area contributed by atoms with E-state index in [9.17, 15) is 4.79 Å². The number of hydrogen-bond acceptors (Lipinski definition) is 3. The SMILES string of the molecule is CCCCCCCCCOC(C=O)=CN(C)C. The Morgan fingerprint density at radius 3 is 2.18 bits per heavy atom. The van der Waals surface area contributed by atoms with Gasteiger partial charge >= 0.3 is 0 Å². The third kappa shape index (κ3) is 11.3. The van der Waals surface area contributed by atoms with Gasteiger partial charge in [-0.1, -0.05) is 45.4 Å². The van der Waals surface area contributed by atoms with E-state index in [1.165, 1.54) is 38.5 Å². The maximum atomic E-state index is 10.7. The zero-order chi connectivity index (χ0) is 12.9. The lowest BCUT2D eigenvalue weighted by molar-refractivity contribution is -0.108. The van der Waals surface area contributed by atoms with E-state index in [2.05, 4.69) is 6.92 Å². The lowest BCUT2D eigenvalue weighted by Gasteiger charge is -2.09. The Labute approximate surface area is 106 Å². The van der Waals surface area contributed by atoms with Gasteiger partial charge in [-0.2, -0.15) is 0 Å². The second kappa shape index (κ2) is 11.5. The standard InChI is InChI=1S/C14H27NO2/c1-4-5-6-7-8-9-10-11-17-14(13-16)12-15(2)3/h12-13H,4-11H2,1-3H3. The molecule has 0 amide bonds. The van der Waals surface area contributed by atoms with Gasteiger partial charge in [0, 0.05) is 20.3 Å². The molecule has 100 valence electrons. The van der Waals surface area contributed by atoms with Crippen LogP contribution in [0.3, 0.4) is 0 Å². The normalized spacial score (nSPS) is 11.4. The lowest BCUT2D eigenvalue weighted by Crippen LogP contribution is -2.06. The number of carbonyl (C=O) groups excluding carboxylic acids is 1. The maximum absolute atomic E-state index is 10.7. The molecule has 0 fully saturated rings. The summed E-state index contributed by atoms with van der Waals surface area (Å²) in [5, 5.41) is 0. The molecule has 0 aliphatic rings. The Bertz CT molecular complexity index is 212. The minimum absolute atomic E-state index is 0.418. The van der Waals surface area contributed by atoms with E-state index < -0.39 is 0 Å². The van der Waals surface area contributed by atoms with Gasteiger partial charge in [-0.3, -0.25) is 4.79 Å². The summed E-state index contributed by atoms with van der Waals surface area (Å²) in [6, 6.07) is 0. The van der Waals surface area contributed by atoms with Gasteiger partial charge in [0.25, 0.3) is 0 Å². The minimum atomic E-state index is 0.418. The van der Waals surface area contributed by atoms with Crippen LogP contribution in [-0.4, -0.2) is 31.9 Å². The Morgan fingerprint density at radius 1 is 1.06 bits per heavy atom. The number of allylic oxidation sites excluding steroid dienone is 1. The highest BCUT2D eigenvalue weighted by Crippen LogP contribution is 2.07. The van der Waals surface area contributed by atoms with Gasteiger partial charge in [0.05, 0.1) is 6.61 Å². The highest BCUT2D eigenvalue weighted by molar-refractivity contribution is 5.69. The highest BCUT2D eigenvalue weighted by atomic mass is 16.5. The van der Waals surface area contributed by atoms with Crippen LogP contribution in [0.25, 0.3) is 0 Å². The number of nitrogens with zero attached hydrogens (tertiary/aromatic N) is 1. The molecule has 3 heteroatoms. The van der Waals surface area contributed by atoms with Crippen LogP contribution in [0.2, 0.25) is 0 Å². The van der Waals surface area contributed by atoms with E-state index in [0.717, 1.165) is 12.7 Å². The molecule has 0 saturated carbocycles. The highest BCUT2D eigenvalue weighted by Gasteiger charge is 1.97. The van der Waals surface area contributed by atoms with Crippen LogP contribution in [0.4, 0.5) is 0 Å². The van der Waals surface area contributed by atoms with Crippen molar-refractivity contribution in [1.29, 1.82) is 0 Å². The molecule has 0 rings (SSSR count). The Balaban J connectivity index is 3.40. The second-order valence-corrected chi connectivity index (χ2v) is 4.58. The molecule has 0 aromatic heterocycles. The first-order chi connectivity index (χ1) is 8.20. The van der Waals surface area contributed by atoms with Crippen molar-refractivity contribution in [3.63, 3.8) is 0 Å². The third-order valence-corrected chi connectivity index (χ3v) is 2.52. The molecule has 0 aromatic rings. The van der Waals surface area contributed by atoms with E-state index in [0.29, 0.717) is 12.4 Å². The first-order valence-electron chi connectivity index (χ1n) is 6.67. The Morgan fingerprint density at radius 2 is 1.65 bits per heavy atom. The van der Waals surface area contributed by atoms with Gasteiger partial charge in [-0.15, -0.1) is 0 Å². The van der Waals surface area contributed by atoms with Crippen LogP contribution >= 0.6 is 0 Å². The predicted octanol–water partition coefficient (Wildman–Crippen LogP) is 3.36. The number of hydrogen-bond donors (Lipinski definition) is 0. The first-order valence-corrected chi connectivity index (χ1v) is 6.67. The molecule has 0 heterocycles. The average Bonchev–Trinajstić information content (AvgIpc) is 2.30. The quantitative estimate of drug-likeness (QED) is 0.240. The molecule has 3 nitrogen and oxygen atoms in total. The topological polar surface area (TPSA) is 29.5 Å². The summed E-state index contributed by atoms with van der Waals surface area (Å²) < 4.78 is 5.38. The van der Waals surface area contributed by atoms with Crippen LogP contribution in [0.1, 0.15) is 51.9 Å². The van der Waals surface area contributed by atoms with Crippen molar-refractivity contribution in [3.8, 4) is 0 Å². The molecule has 17 heavy (non-hydrogen) atoms. The largest absolute Gasteiger partial charge is 0.489 e. The zero-order valence-electron chi connectivity index (χ0n) is 11.6. The van der Waals surface area contributed by atoms with Gasteiger partial charge in [0.15, 0.2) is 12.0 Å². The van der Waals surface area contributed by atoms with Crippen molar-refractivity contribution in [2.24, 2.45) is 0 Å². The van der Waals surface area contributed by atoms with Gasteiger partial charge in [0.1, 0.15) is 0 Å². The number of rotatable bonds is 11. The fourth-order valence-electron chi connectivity index (χ4n) is 1.61. The van der Waals surface area contributed by atoms with Crippen LogP contribution in [0, 0.1) is 0 Å². The van der Waals surface area contributed by atoms with Crippen molar-refractivity contribution < 1.29 is 9.53 Å². The van der Waals surface area contributed by atoms with Gasteiger partial charge in [-0.25, -0.2) is 0 Å². The molecule has 0 aliphatic heterocycles. The molecule has 0 aromatic carbocycles. The van der Waals surface area contributed by atoms with Crippen molar-refractivity contribution in [3.05, 3.63) is 12.0 Å². The summed E-state index contributed by atoms with van der Waals surface area (Å²) in [6.07, 6.45) is 11.3. The van der Waals surface area contributed by atoms with E-state index in [4.69, 9.17) is 4.74 Å². The first kappa shape index (κ1) is 16.0. The molecular weight excluding hydrogens is 214 g/mol. The van der Waals surface area contributed by atoms with Crippen LogP contribution < -0.4 is 0 Å². The lowest BCUT2D eigenvalue weighted by atomic mass is 10.1. The maximum Gasteiger partial charge on any atom is 0.186 e. The summed E-state index contributed by atoms with van der Waals surface area (Å²) in [5.41, 5.74) is 0. The van der Waals surface area contributed by atoms with E-state index in [1.54, 1.807) is 6.20 Å². The summed E-state index contributed by atoms with van der Waals surface area (Å²) in [6.45, 7) is 2.87. The number of aldehydes is 1. The summed E-state index contributed by atoms with van der Waals surface area (Å²) in [4.78, 5) is 12.5. The van der Waals surface area contributed by atoms with Crippen LogP contribution in [-0.2, 0) is 9.53 Å². The minimum Gasteiger partial charge on any atom is -0.489 e. The number of carbonyl (C=O) groups is 1. The van der Waals surface area contributed by atoms with Gasteiger partial charge in [-0.05, 0) is 6.42 Å². The van der Waals surface area contributed by atoms with Crippen molar-refractivity contribution in [1.82, 2.24) is 4.90 Å². The van der Waals surface area contributed by atoms with Gasteiger partial charge in [0.2, 0.25) is 0 Å². The zero-order valence-corrected chi connectivity index (χ0v) is 11.6. The number of ether oxygens (including phenoxy) is 1. The Hall–Kier alpha value is -0.990. The molecule has 0 radical (unpaired) electrons. The smallest absolute Gasteiger partial charge is 0.186 e. The molecule has 0 bridgehead atoms. The summed E-state index contributed by atoms with van der Waals surface area (Å²) in [7, 11) is 3.75. The molecule has 0 atom stereocenters. The van der Waals surface area contributed by atoms with E-state index >= 15 is 0 Å². The van der Waals surface area contributed by atoms with E-state index in [-0.39, 0.29) is 0 Å². The summed E-state index contributed by atoms with van der Waals surface area (Å²) >= 11 is 0. The van der Waals surface area contributed by atoms with E-state index in [1.807, 2.05) is 19.0 Å². The molecule has 0 spiro atoms. The fourth-order valence-corrected chi connectivity index (χ4v) is 1.61. The fraction of sp³-hybridized carbons (Fsp3) is 0.786. The molecular formula is C14H27NO2. The van der Waals surface area contributed by atoms with Crippen molar-refractivity contribution in [2.45, 2.75) is 51.9 Å². The summed E-state index contributed by atoms with van der Waals surface area (Å²) in [5.74, 6) is 0.418. The van der Waals surface area contributed by atoms with Crippen LogP contribution in [0.5, 0.6) is 0 Å². The monoisotopic (exact) mass is 241 g/mol. The molecule has 0 saturated heterocycles. The van der Waals surface area contributed by atoms with Crippen molar-refractivity contribution >= 4 is 6.29 Å². The molecule has 0 unspecified atom stereocenters. The van der Waals surface area contributed by atoms with Gasteiger partial charge < -0.3 is 9.64 Å². The second-order valence-electron chi connectivity index (χ2n) is 4.58. The van der Waals surface area contributed by atoms with Crippen LogP contribution in [0.15, 0.2) is 12.0 Å².